The van der Waals surface area contributed by atoms with Crippen molar-refractivity contribution in [2.45, 2.75) is 37.5 Å². The minimum Gasteiger partial charge on any atom is -0.265 e. The molecule has 1 aliphatic rings. The van der Waals surface area contributed by atoms with E-state index >= 15 is 0 Å². The van der Waals surface area contributed by atoms with Crippen molar-refractivity contribution in [3.63, 3.8) is 0 Å². The van der Waals surface area contributed by atoms with E-state index in [1.165, 1.54) is 28.1 Å². The van der Waals surface area contributed by atoms with Crippen molar-refractivity contribution in [2.75, 3.05) is 0 Å². The van der Waals surface area contributed by atoms with E-state index in [9.17, 15) is 8.42 Å². The molecule has 0 N–H and O–H groups in total. The van der Waals surface area contributed by atoms with Gasteiger partial charge in [-0.2, -0.15) is 8.42 Å². The highest BCUT2D eigenvalue weighted by Gasteiger charge is 2.24. The van der Waals surface area contributed by atoms with Gasteiger partial charge >= 0.3 is 10.1 Å². The Kier molecular flexibility index (Phi) is 5.88. The lowest BCUT2D eigenvalue weighted by atomic mass is 9.82. The first kappa shape index (κ1) is 20.6. The second-order valence-electron chi connectivity index (χ2n) is 7.59. The van der Waals surface area contributed by atoms with E-state index in [-0.39, 0.29) is 10.8 Å². The van der Waals surface area contributed by atoms with Crippen LogP contribution < -0.4 is 0 Å². The molecule has 1 atom stereocenters. The molecule has 0 amide bonds. The number of hydrogen-bond donors (Lipinski definition) is 0. The van der Waals surface area contributed by atoms with Crippen LogP contribution in [0.2, 0.25) is 0 Å². The third-order valence-corrected chi connectivity index (χ3v) is 7.28. The Labute approximate surface area is 181 Å². The fraction of sp³-hybridized carbons (Fsp3) is 0.208. The molecule has 30 heavy (non-hydrogen) atoms. The molecule has 1 aliphatic carbocycles. The molecule has 0 aliphatic heterocycles. The van der Waals surface area contributed by atoms with Gasteiger partial charge in [0, 0.05) is 11.3 Å². The number of oxime groups is 1. The molecule has 4 rings (SSSR count). The van der Waals surface area contributed by atoms with Gasteiger partial charge in [0.1, 0.15) is 4.90 Å². The van der Waals surface area contributed by atoms with Gasteiger partial charge in [-0.25, -0.2) is 0 Å². The first-order valence-electron chi connectivity index (χ1n) is 9.79. The third-order valence-electron chi connectivity index (χ3n) is 5.21. The molecular formula is C24H23NO3S2. The molecule has 0 saturated carbocycles. The normalized spacial score (nSPS) is 18.3. The van der Waals surface area contributed by atoms with Crippen LogP contribution in [0.4, 0.5) is 0 Å². The third kappa shape index (κ3) is 4.71. The Morgan fingerprint density at radius 2 is 1.60 bits per heavy atom. The Bertz CT molecular complexity index is 1170. The molecule has 3 aromatic rings. The SMILES string of the molecule is Cc1ccc(C2CC(c3cccs3)=C/C(=N/OS(=O)(=O)c3ccc(C)cc3)C2)cc1. The van der Waals surface area contributed by atoms with Crippen molar-refractivity contribution >= 4 is 32.7 Å². The first-order chi connectivity index (χ1) is 14.4. The maximum atomic E-state index is 12.5. The minimum absolute atomic E-state index is 0.103. The maximum absolute atomic E-state index is 12.5. The van der Waals surface area contributed by atoms with Crippen LogP contribution >= 0.6 is 11.3 Å². The van der Waals surface area contributed by atoms with Crippen LogP contribution in [0.3, 0.4) is 0 Å². The summed E-state index contributed by atoms with van der Waals surface area (Å²) in [6.07, 6.45) is 3.47. The van der Waals surface area contributed by atoms with Gasteiger partial charge in [-0.3, -0.25) is 4.28 Å². The van der Waals surface area contributed by atoms with Crippen LogP contribution in [0.25, 0.3) is 5.57 Å². The summed E-state index contributed by atoms with van der Waals surface area (Å²) in [5.74, 6) is 0.220. The summed E-state index contributed by atoms with van der Waals surface area (Å²) < 4.78 is 30.2. The number of hydrogen-bond acceptors (Lipinski definition) is 5. The summed E-state index contributed by atoms with van der Waals surface area (Å²) in [4.78, 5) is 1.27. The average molecular weight is 438 g/mol. The number of rotatable bonds is 5. The second kappa shape index (κ2) is 8.58. The summed E-state index contributed by atoms with van der Waals surface area (Å²) >= 11 is 1.67. The number of benzene rings is 2. The summed E-state index contributed by atoms with van der Waals surface area (Å²) in [5, 5.41) is 6.11. The van der Waals surface area contributed by atoms with Gasteiger partial charge in [0.25, 0.3) is 0 Å². The van der Waals surface area contributed by atoms with Crippen LogP contribution in [0.1, 0.15) is 40.3 Å². The first-order valence-corrected chi connectivity index (χ1v) is 12.1. The van der Waals surface area contributed by atoms with Crippen molar-refractivity contribution in [2.24, 2.45) is 5.16 Å². The van der Waals surface area contributed by atoms with Gasteiger partial charge in [-0.15, -0.1) is 11.3 Å². The molecule has 0 bridgehead atoms. The molecule has 4 nitrogen and oxygen atoms in total. The van der Waals surface area contributed by atoms with E-state index in [2.05, 4.69) is 42.4 Å². The van der Waals surface area contributed by atoms with Crippen molar-refractivity contribution in [3.05, 3.63) is 93.7 Å². The number of aryl methyl sites for hydroxylation is 2. The highest BCUT2D eigenvalue weighted by atomic mass is 32.2. The number of allylic oxidation sites excluding steroid dienone is 2. The van der Waals surface area contributed by atoms with E-state index < -0.39 is 10.1 Å². The van der Waals surface area contributed by atoms with E-state index in [1.807, 2.05) is 24.4 Å². The molecule has 2 aromatic carbocycles. The largest absolute Gasteiger partial charge is 0.358 e. The van der Waals surface area contributed by atoms with Gasteiger partial charge in [-0.1, -0.05) is 58.7 Å². The van der Waals surface area contributed by atoms with Crippen molar-refractivity contribution in [1.82, 2.24) is 0 Å². The quantitative estimate of drug-likeness (QED) is 0.454. The Balaban J connectivity index is 1.63. The lowest BCUT2D eigenvalue weighted by Crippen LogP contribution is -2.14. The summed E-state index contributed by atoms with van der Waals surface area (Å²) in [6.45, 7) is 3.97. The highest BCUT2D eigenvalue weighted by Crippen LogP contribution is 2.38. The lowest BCUT2D eigenvalue weighted by molar-refractivity contribution is 0.337. The Morgan fingerprint density at radius 1 is 0.933 bits per heavy atom. The predicted octanol–water partition coefficient (Wildman–Crippen LogP) is 6.09. The Morgan fingerprint density at radius 3 is 2.23 bits per heavy atom. The van der Waals surface area contributed by atoms with Gasteiger partial charge in [0.05, 0.1) is 5.71 Å². The van der Waals surface area contributed by atoms with Crippen LogP contribution in [-0.4, -0.2) is 14.1 Å². The van der Waals surface area contributed by atoms with Crippen LogP contribution in [0.5, 0.6) is 0 Å². The number of nitrogens with zero attached hydrogens (tertiary/aromatic N) is 1. The van der Waals surface area contributed by atoms with Gasteiger partial charge in [-0.05, 0) is 67.0 Å². The average Bonchev–Trinajstić information content (AvgIpc) is 3.28. The smallest absolute Gasteiger partial charge is 0.265 e. The van der Waals surface area contributed by atoms with Crippen LogP contribution in [0, 0.1) is 13.8 Å². The van der Waals surface area contributed by atoms with Gasteiger partial charge < -0.3 is 0 Å². The molecule has 0 radical (unpaired) electrons. The molecule has 1 unspecified atom stereocenters. The molecule has 0 spiro atoms. The standard InChI is InChI=1S/C24H23NO3S2/c1-17-5-9-19(10-6-17)20-14-21(24-4-3-13-29-24)16-22(15-20)25-28-30(26,27)23-11-7-18(2)8-12-23/h3-13,16,20H,14-15H2,1-2H3/b25-22+. The van der Waals surface area contributed by atoms with Gasteiger partial charge in [0.2, 0.25) is 0 Å². The van der Waals surface area contributed by atoms with Gasteiger partial charge in [0.15, 0.2) is 0 Å². The Hall–Kier alpha value is -2.70. The van der Waals surface area contributed by atoms with Crippen molar-refractivity contribution in [1.29, 1.82) is 0 Å². The lowest BCUT2D eigenvalue weighted by Gasteiger charge is -2.23. The summed E-state index contributed by atoms with van der Waals surface area (Å²) in [7, 11) is -3.95. The minimum atomic E-state index is -3.95. The van der Waals surface area contributed by atoms with Crippen LogP contribution in [-0.2, 0) is 14.4 Å². The molecule has 0 saturated heterocycles. The van der Waals surface area contributed by atoms with E-state index in [4.69, 9.17) is 4.28 Å². The molecule has 0 fully saturated rings. The second-order valence-corrected chi connectivity index (χ2v) is 10.1. The zero-order valence-corrected chi connectivity index (χ0v) is 18.5. The van der Waals surface area contributed by atoms with Crippen molar-refractivity contribution in [3.8, 4) is 0 Å². The topological polar surface area (TPSA) is 55.7 Å². The molecule has 154 valence electrons. The fourth-order valence-corrected chi connectivity index (χ4v) is 5.03. The summed E-state index contributed by atoms with van der Waals surface area (Å²) in [6, 6.07) is 19.1. The van der Waals surface area contributed by atoms with E-state index in [0.717, 1.165) is 17.6 Å². The zero-order valence-electron chi connectivity index (χ0n) is 16.9. The monoisotopic (exact) mass is 437 g/mol. The van der Waals surface area contributed by atoms with E-state index in [1.54, 1.807) is 23.5 Å². The van der Waals surface area contributed by atoms with Crippen LogP contribution in [0.15, 0.2) is 82.2 Å². The zero-order chi connectivity index (χ0) is 21.1. The molecule has 6 heteroatoms. The maximum Gasteiger partial charge on any atom is 0.358 e. The van der Waals surface area contributed by atoms with E-state index in [0.29, 0.717) is 12.1 Å². The number of thiophene rings is 1. The highest BCUT2D eigenvalue weighted by molar-refractivity contribution is 7.86. The fourth-order valence-electron chi connectivity index (χ4n) is 3.52. The van der Waals surface area contributed by atoms with Crippen molar-refractivity contribution < 1.29 is 12.7 Å². The molecule has 1 aromatic heterocycles. The molecule has 1 heterocycles. The predicted molar refractivity (Wildman–Crippen MR) is 122 cm³/mol. The summed E-state index contributed by atoms with van der Waals surface area (Å²) in [5.41, 5.74) is 5.20. The molecular weight excluding hydrogens is 414 g/mol.